The van der Waals surface area contributed by atoms with Gasteiger partial charge in [0.15, 0.2) is 0 Å². The van der Waals surface area contributed by atoms with Crippen molar-refractivity contribution in [2.75, 3.05) is 0 Å². The van der Waals surface area contributed by atoms with Crippen molar-refractivity contribution in [3.63, 3.8) is 0 Å². The Morgan fingerprint density at radius 1 is 1.25 bits per heavy atom. The summed E-state index contributed by atoms with van der Waals surface area (Å²) in [6, 6.07) is 7.39. The van der Waals surface area contributed by atoms with Crippen LogP contribution in [0.2, 0.25) is 10.0 Å². The smallest absolute Gasteiger partial charge is 0.291 e. The van der Waals surface area contributed by atoms with E-state index in [0.717, 1.165) is 15.6 Å². The predicted octanol–water partition coefficient (Wildman–Crippen LogP) is 4.61. The van der Waals surface area contributed by atoms with E-state index in [1.807, 2.05) is 11.6 Å². The maximum atomic E-state index is 12.9. The van der Waals surface area contributed by atoms with Crippen LogP contribution in [0.1, 0.15) is 10.4 Å². The second kappa shape index (κ2) is 5.62. The Morgan fingerprint density at radius 3 is 2.67 bits per heavy atom. The van der Waals surface area contributed by atoms with E-state index in [9.17, 15) is 4.79 Å². The summed E-state index contributed by atoms with van der Waals surface area (Å²) < 4.78 is 4.44. The molecule has 0 radical (unpaired) electrons. The number of hydrogen-bond acceptors (Lipinski definition) is 3. The lowest BCUT2D eigenvalue weighted by molar-refractivity contribution is 0.644. The minimum absolute atomic E-state index is 0.146. The molecule has 0 aliphatic heterocycles. The van der Waals surface area contributed by atoms with E-state index in [0.29, 0.717) is 21.1 Å². The van der Waals surface area contributed by atoms with Gasteiger partial charge in [-0.1, -0.05) is 29.3 Å². The molecule has 122 valence electrons. The molecule has 0 saturated heterocycles. The summed E-state index contributed by atoms with van der Waals surface area (Å²) in [5.74, 6) is 0. The van der Waals surface area contributed by atoms with Crippen molar-refractivity contribution in [3.8, 4) is 0 Å². The van der Waals surface area contributed by atoms with E-state index in [1.54, 1.807) is 35.7 Å². The van der Waals surface area contributed by atoms with Crippen molar-refractivity contribution in [2.24, 2.45) is 7.05 Å². The van der Waals surface area contributed by atoms with E-state index in [-0.39, 0.29) is 12.1 Å². The van der Waals surface area contributed by atoms with Crippen LogP contribution in [0.3, 0.4) is 0 Å². The fourth-order valence-electron chi connectivity index (χ4n) is 2.98. The second-order valence-corrected chi connectivity index (χ2v) is 7.77. The summed E-state index contributed by atoms with van der Waals surface area (Å²) in [6.07, 6.45) is 1.75. The summed E-state index contributed by atoms with van der Waals surface area (Å²) in [4.78, 5) is 14.1. The van der Waals surface area contributed by atoms with Gasteiger partial charge in [-0.05, 0) is 25.1 Å². The largest absolute Gasteiger partial charge is 0.338 e. The van der Waals surface area contributed by atoms with Gasteiger partial charge in [0.05, 0.1) is 23.0 Å². The van der Waals surface area contributed by atoms with Gasteiger partial charge >= 0.3 is 0 Å². The predicted molar refractivity (Wildman–Crippen MR) is 101 cm³/mol. The van der Waals surface area contributed by atoms with Crippen molar-refractivity contribution < 1.29 is 0 Å². The van der Waals surface area contributed by atoms with E-state index >= 15 is 0 Å². The van der Waals surface area contributed by atoms with Crippen LogP contribution in [0.5, 0.6) is 0 Å². The van der Waals surface area contributed by atoms with Crippen LogP contribution in [-0.4, -0.2) is 14.3 Å². The fourth-order valence-corrected chi connectivity index (χ4v) is 4.55. The lowest BCUT2D eigenvalue weighted by Gasteiger charge is -2.09. The lowest BCUT2D eigenvalue weighted by Crippen LogP contribution is -2.24. The second-order valence-electron chi connectivity index (χ2n) is 5.70. The molecule has 1 aromatic carbocycles. The van der Waals surface area contributed by atoms with Crippen LogP contribution in [-0.2, 0) is 13.6 Å². The molecular weight excluding hydrogens is 365 g/mol. The Hall–Kier alpha value is -1.82. The topological polar surface area (TPSA) is 39.8 Å². The zero-order chi connectivity index (χ0) is 17.0. The van der Waals surface area contributed by atoms with Crippen LogP contribution in [0.25, 0.3) is 21.1 Å². The third-order valence-electron chi connectivity index (χ3n) is 4.16. The molecule has 4 nitrogen and oxygen atoms in total. The summed E-state index contributed by atoms with van der Waals surface area (Å²) in [6.45, 7) is 2.30. The highest BCUT2D eigenvalue weighted by molar-refractivity contribution is 7.20. The number of aryl methyl sites for hydroxylation is 2. The molecule has 0 bridgehead atoms. The molecule has 0 N–H and O–H groups in total. The van der Waals surface area contributed by atoms with Crippen molar-refractivity contribution in [3.05, 3.63) is 61.3 Å². The minimum atomic E-state index is -0.146. The number of hydrogen-bond donors (Lipinski definition) is 0. The molecule has 0 spiro atoms. The van der Waals surface area contributed by atoms with Gasteiger partial charge in [0, 0.05) is 32.9 Å². The van der Waals surface area contributed by atoms with Gasteiger partial charge in [-0.25, -0.2) is 4.68 Å². The first-order valence-corrected chi connectivity index (χ1v) is 8.92. The maximum absolute atomic E-state index is 12.9. The van der Waals surface area contributed by atoms with Gasteiger partial charge in [-0.2, -0.15) is 5.10 Å². The number of rotatable bonds is 2. The van der Waals surface area contributed by atoms with Gasteiger partial charge in [0.25, 0.3) is 5.56 Å². The SMILES string of the molecule is Cc1cc2c(s1)c1cnn(Cc3c(Cl)cccc3Cl)c(=O)c1n2C. The number of fused-ring (bicyclic) bond motifs is 3. The average Bonchev–Trinajstić information content (AvgIpc) is 3.03. The van der Waals surface area contributed by atoms with Crippen molar-refractivity contribution >= 4 is 55.7 Å². The van der Waals surface area contributed by atoms with Gasteiger partial charge in [0.2, 0.25) is 0 Å². The molecule has 7 heteroatoms. The van der Waals surface area contributed by atoms with Crippen LogP contribution in [0.15, 0.2) is 35.3 Å². The quantitative estimate of drug-likeness (QED) is 0.511. The first-order valence-electron chi connectivity index (χ1n) is 7.35. The van der Waals surface area contributed by atoms with Crippen LogP contribution in [0.4, 0.5) is 0 Å². The summed E-state index contributed by atoms with van der Waals surface area (Å²) >= 11 is 14.1. The highest BCUT2D eigenvalue weighted by Gasteiger charge is 2.17. The van der Waals surface area contributed by atoms with Gasteiger partial charge in [0.1, 0.15) is 5.52 Å². The number of aromatic nitrogens is 3. The first kappa shape index (κ1) is 15.7. The molecule has 0 aliphatic rings. The lowest BCUT2D eigenvalue weighted by atomic mass is 10.2. The molecule has 0 fully saturated rings. The van der Waals surface area contributed by atoms with Crippen LogP contribution < -0.4 is 5.56 Å². The molecular formula is C17H13Cl2N3OS. The molecule has 0 aliphatic carbocycles. The molecule has 4 aromatic rings. The zero-order valence-corrected chi connectivity index (χ0v) is 15.3. The third kappa shape index (κ3) is 2.27. The zero-order valence-electron chi connectivity index (χ0n) is 13.0. The Kier molecular flexibility index (Phi) is 3.67. The summed E-state index contributed by atoms with van der Waals surface area (Å²) in [7, 11) is 1.91. The van der Waals surface area contributed by atoms with E-state index in [4.69, 9.17) is 23.2 Å². The Balaban J connectivity index is 1.93. The fraction of sp³-hybridized carbons (Fsp3) is 0.176. The monoisotopic (exact) mass is 377 g/mol. The molecule has 0 amide bonds. The van der Waals surface area contributed by atoms with E-state index < -0.39 is 0 Å². The molecule has 24 heavy (non-hydrogen) atoms. The minimum Gasteiger partial charge on any atom is -0.338 e. The molecule has 0 unspecified atom stereocenters. The molecule has 3 heterocycles. The highest BCUT2D eigenvalue weighted by atomic mass is 35.5. The van der Waals surface area contributed by atoms with Crippen molar-refractivity contribution in [1.82, 2.24) is 14.3 Å². The number of halogens is 2. The molecule has 0 saturated carbocycles. The van der Waals surface area contributed by atoms with Crippen LogP contribution >= 0.6 is 34.5 Å². The summed E-state index contributed by atoms with van der Waals surface area (Å²) in [5, 5.41) is 6.28. The summed E-state index contributed by atoms with van der Waals surface area (Å²) in [5.41, 5.74) is 2.25. The Labute approximate surface area is 151 Å². The van der Waals surface area contributed by atoms with Gasteiger partial charge in [-0.3, -0.25) is 4.79 Å². The maximum Gasteiger partial charge on any atom is 0.291 e. The molecule has 3 aromatic heterocycles. The number of benzene rings is 1. The van der Waals surface area contributed by atoms with Crippen molar-refractivity contribution in [1.29, 1.82) is 0 Å². The molecule has 0 atom stereocenters. The van der Waals surface area contributed by atoms with Gasteiger partial charge < -0.3 is 4.57 Å². The van der Waals surface area contributed by atoms with E-state index in [2.05, 4.69) is 18.1 Å². The Morgan fingerprint density at radius 2 is 1.96 bits per heavy atom. The van der Waals surface area contributed by atoms with Crippen molar-refractivity contribution in [2.45, 2.75) is 13.5 Å². The number of thiophene rings is 1. The third-order valence-corrected chi connectivity index (χ3v) is 5.95. The normalized spacial score (nSPS) is 11.7. The Bertz CT molecular complexity index is 1140. The standard InChI is InChI=1S/C17H13Cl2N3OS/c1-9-6-14-16(24-9)10-7-20-22(17(23)15(10)21(14)2)8-11-12(18)4-3-5-13(11)19/h3-7H,8H2,1-2H3. The highest BCUT2D eigenvalue weighted by Crippen LogP contribution is 2.33. The first-order chi connectivity index (χ1) is 11.5. The van der Waals surface area contributed by atoms with Crippen LogP contribution in [0, 0.1) is 6.92 Å². The van der Waals surface area contributed by atoms with Gasteiger partial charge in [-0.15, -0.1) is 11.3 Å². The molecule has 4 rings (SSSR count). The number of nitrogens with zero attached hydrogens (tertiary/aromatic N) is 3. The average molecular weight is 378 g/mol. The van der Waals surface area contributed by atoms with E-state index in [1.165, 1.54) is 9.56 Å².